The zero-order chi connectivity index (χ0) is 17.3. The topological polar surface area (TPSA) is 64.0 Å². The summed E-state index contributed by atoms with van der Waals surface area (Å²) in [4.78, 5) is 0. The van der Waals surface area contributed by atoms with E-state index >= 15 is 0 Å². The summed E-state index contributed by atoms with van der Waals surface area (Å²) in [6.07, 6.45) is 0.651. The molecular weight excluding hydrogens is 369 g/mol. The Morgan fingerprint density at radius 2 is 2.00 bits per heavy atom. The van der Waals surface area contributed by atoms with E-state index < -0.39 is 9.84 Å². The summed E-state index contributed by atoms with van der Waals surface area (Å²) >= 11 is 12.4. The van der Waals surface area contributed by atoms with Crippen LogP contribution in [0.5, 0.6) is 0 Å². The van der Waals surface area contributed by atoms with Crippen molar-refractivity contribution in [1.82, 2.24) is 15.1 Å². The second kappa shape index (κ2) is 7.04. The van der Waals surface area contributed by atoms with Crippen LogP contribution in [0.2, 0.25) is 10.2 Å². The molecule has 130 valence electrons. The number of benzene rings is 1. The van der Waals surface area contributed by atoms with Crippen LogP contribution in [-0.4, -0.2) is 35.7 Å². The van der Waals surface area contributed by atoms with Gasteiger partial charge in [-0.25, -0.2) is 13.1 Å². The molecule has 1 N–H and O–H groups in total. The van der Waals surface area contributed by atoms with Crippen LogP contribution in [0.25, 0.3) is 0 Å². The van der Waals surface area contributed by atoms with Crippen LogP contribution in [0.4, 0.5) is 0 Å². The first kappa shape index (κ1) is 17.7. The van der Waals surface area contributed by atoms with Crippen molar-refractivity contribution >= 4 is 33.0 Å². The fourth-order valence-corrected chi connectivity index (χ4v) is 5.00. The van der Waals surface area contributed by atoms with Gasteiger partial charge in [0.05, 0.1) is 23.7 Å². The molecule has 1 aromatic carbocycles. The van der Waals surface area contributed by atoms with Gasteiger partial charge < -0.3 is 5.32 Å². The number of halogens is 2. The molecule has 0 bridgehead atoms. The molecule has 5 nitrogen and oxygen atoms in total. The molecule has 3 rings (SSSR count). The van der Waals surface area contributed by atoms with E-state index in [1.807, 2.05) is 31.2 Å². The van der Waals surface area contributed by atoms with E-state index in [0.717, 1.165) is 16.8 Å². The SMILES string of the molecule is Cc1nn(Cc2ccc(Cl)cc2)c(Cl)c1CN[C@@H]1CCS(=O)(=O)C1. The smallest absolute Gasteiger partial charge is 0.151 e. The molecule has 1 aliphatic heterocycles. The summed E-state index contributed by atoms with van der Waals surface area (Å²) in [5.41, 5.74) is 2.82. The summed E-state index contributed by atoms with van der Waals surface area (Å²) in [6.45, 7) is 2.99. The molecule has 0 aliphatic carbocycles. The highest BCUT2D eigenvalue weighted by molar-refractivity contribution is 7.91. The van der Waals surface area contributed by atoms with Gasteiger partial charge in [0.2, 0.25) is 0 Å². The molecule has 0 saturated carbocycles. The Bertz CT molecular complexity index is 832. The second-order valence-corrected chi connectivity index (χ2v) is 9.14. The molecule has 0 spiro atoms. The van der Waals surface area contributed by atoms with E-state index in [-0.39, 0.29) is 17.5 Å². The lowest BCUT2D eigenvalue weighted by molar-refractivity contribution is 0.553. The normalized spacial score (nSPS) is 19.7. The maximum absolute atomic E-state index is 11.5. The fourth-order valence-electron chi connectivity index (χ4n) is 2.86. The summed E-state index contributed by atoms with van der Waals surface area (Å²) in [6, 6.07) is 7.55. The average Bonchev–Trinajstić information content (AvgIpc) is 3.00. The molecule has 1 aliphatic rings. The lowest BCUT2D eigenvalue weighted by Gasteiger charge is -2.10. The van der Waals surface area contributed by atoms with Gasteiger partial charge in [-0.3, -0.25) is 0 Å². The quantitative estimate of drug-likeness (QED) is 0.856. The van der Waals surface area contributed by atoms with Crippen LogP contribution in [0, 0.1) is 6.92 Å². The summed E-state index contributed by atoms with van der Waals surface area (Å²) in [5, 5.41) is 9.05. The van der Waals surface area contributed by atoms with Gasteiger partial charge in [0, 0.05) is 23.2 Å². The van der Waals surface area contributed by atoms with E-state index in [4.69, 9.17) is 23.2 Å². The molecule has 24 heavy (non-hydrogen) atoms. The Morgan fingerprint density at radius 1 is 1.29 bits per heavy atom. The van der Waals surface area contributed by atoms with Gasteiger partial charge >= 0.3 is 0 Å². The third-order valence-corrected chi connectivity index (χ3v) is 6.67. The predicted octanol–water partition coefficient (Wildman–Crippen LogP) is 2.82. The molecule has 0 amide bonds. The Labute approximate surface area is 151 Å². The predicted molar refractivity (Wildman–Crippen MR) is 96.4 cm³/mol. The lowest BCUT2D eigenvalue weighted by atomic mass is 10.2. The minimum Gasteiger partial charge on any atom is -0.309 e. The molecule has 8 heteroatoms. The van der Waals surface area contributed by atoms with Crippen LogP contribution in [-0.2, 0) is 22.9 Å². The largest absolute Gasteiger partial charge is 0.309 e. The highest BCUT2D eigenvalue weighted by Gasteiger charge is 2.27. The maximum atomic E-state index is 11.5. The van der Waals surface area contributed by atoms with Crippen molar-refractivity contribution in [2.45, 2.75) is 32.5 Å². The van der Waals surface area contributed by atoms with Crippen molar-refractivity contribution < 1.29 is 8.42 Å². The Hall–Kier alpha value is -1.08. The third-order valence-electron chi connectivity index (χ3n) is 4.23. The highest BCUT2D eigenvalue weighted by Crippen LogP contribution is 2.22. The highest BCUT2D eigenvalue weighted by atomic mass is 35.5. The first-order valence-corrected chi connectivity index (χ1v) is 10.3. The zero-order valence-corrected chi connectivity index (χ0v) is 15.6. The molecule has 0 radical (unpaired) electrons. The molecule has 2 heterocycles. The summed E-state index contributed by atoms with van der Waals surface area (Å²) in [5.74, 6) is 0.454. The number of hydrogen-bond acceptors (Lipinski definition) is 4. The van der Waals surface area contributed by atoms with Gasteiger partial charge in [0.15, 0.2) is 9.84 Å². The van der Waals surface area contributed by atoms with Crippen molar-refractivity contribution in [2.75, 3.05) is 11.5 Å². The maximum Gasteiger partial charge on any atom is 0.151 e. The van der Waals surface area contributed by atoms with E-state index in [1.165, 1.54) is 0 Å². The molecule has 0 unspecified atom stereocenters. The van der Waals surface area contributed by atoms with Crippen molar-refractivity contribution in [3.63, 3.8) is 0 Å². The van der Waals surface area contributed by atoms with Crippen LogP contribution in [0.15, 0.2) is 24.3 Å². The minimum atomic E-state index is -2.89. The average molecular weight is 388 g/mol. The number of rotatable bonds is 5. The lowest BCUT2D eigenvalue weighted by Crippen LogP contribution is -2.29. The standard InChI is InChI=1S/C16H19Cl2N3O2S/c1-11-15(8-19-14-6-7-24(22,23)10-14)16(18)21(20-11)9-12-2-4-13(17)5-3-12/h2-5,14,19H,6-10H2,1H3/t14-/m1/s1. The van der Waals surface area contributed by atoms with E-state index in [1.54, 1.807) is 4.68 Å². The van der Waals surface area contributed by atoms with E-state index in [9.17, 15) is 8.42 Å². The number of nitrogens with one attached hydrogen (secondary N) is 1. The van der Waals surface area contributed by atoms with Crippen molar-refractivity contribution in [3.8, 4) is 0 Å². The van der Waals surface area contributed by atoms with Crippen LogP contribution < -0.4 is 5.32 Å². The molecule has 1 saturated heterocycles. The number of aryl methyl sites for hydroxylation is 1. The van der Waals surface area contributed by atoms with Crippen molar-refractivity contribution in [1.29, 1.82) is 0 Å². The monoisotopic (exact) mass is 387 g/mol. The number of nitrogens with zero attached hydrogens (tertiary/aromatic N) is 2. The van der Waals surface area contributed by atoms with Crippen molar-refractivity contribution in [2.24, 2.45) is 0 Å². The second-order valence-electron chi connectivity index (χ2n) is 6.12. The van der Waals surface area contributed by atoms with Gasteiger partial charge in [-0.1, -0.05) is 35.3 Å². The Balaban J connectivity index is 1.69. The number of sulfone groups is 1. The van der Waals surface area contributed by atoms with Gasteiger partial charge in [0.1, 0.15) is 5.15 Å². The molecule has 1 fully saturated rings. The number of aromatic nitrogens is 2. The van der Waals surface area contributed by atoms with Gasteiger partial charge in [-0.2, -0.15) is 5.10 Å². The third kappa shape index (κ3) is 4.11. The first-order chi connectivity index (χ1) is 11.3. The Kier molecular flexibility index (Phi) is 5.20. The van der Waals surface area contributed by atoms with E-state index in [0.29, 0.717) is 29.7 Å². The molecule has 1 atom stereocenters. The van der Waals surface area contributed by atoms with Crippen LogP contribution in [0.1, 0.15) is 23.2 Å². The fraction of sp³-hybridized carbons (Fsp3) is 0.438. The Morgan fingerprint density at radius 3 is 2.62 bits per heavy atom. The molecular formula is C16H19Cl2N3O2S. The molecule has 1 aromatic heterocycles. The van der Waals surface area contributed by atoms with Crippen LogP contribution in [0.3, 0.4) is 0 Å². The van der Waals surface area contributed by atoms with Gasteiger partial charge in [-0.05, 0) is 31.0 Å². The number of hydrogen-bond donors (Lipinski definition) is 1. The van der Waals surface area contributed by atoms with Gasteiger partial charge in [0.25, 0.3) is 0 Å². The summed E-state index contributed by atoms with van der Waals surface area (Å²) in [7, 11) is -2.89. The minimum absolute atomic E-state index is 0.00918. The summed E-state index contributed by atoms with van der Waals surface area (Å²) < 4.78 is 24.8. The van der Waals surface area contributed by atoms with Crippen LogP contribution >= 0.6 is 23.2 Å². The zero-order valence-electron chi connectivity index (χ0n) is 13.3. The first-order valence-electron chi connectivity index (χ1n) is 7.74. The van der Waals surface area contributed by atoms with Gasteiger partial charge in [-0.15, -0.1) is 0 Å². The van der Waals surface area contributed by atoms with Crippen molar-refractivity contribution in [3.05, 3.63) is 51.3 Å². The molecule has 2 aromatic rings. The van der Waals surface area contributed by atoms with E-state index in [2.05, 4.69) is 10.4 Å².